The van der Waals surface area contributed by atoms with Crippen LogP contribution in [-0.2, 0) is 19.2 Å². The lowest BCUT2D eigenvalue weighted by Crippen LogP contribution is -2.47. The summed E-state index contributed by atoms with van der Waals surface area (Å²) in [5.41, 5.74) is 0. The van der Waals surface area contributed by atoms with E-state index in [1.54, 1.807) is 0 Å². The number of carbonyl (C=O) groups is 5. The first kappa shape index (κ1) is 35.7. The number of rotatable bonds is 24. The van der Waals surface area contributed by atoms with Crippen LogP contribution in [0.2, 0.25) is 0 Å². The van der Waals surface area contributed by atoms with E-state index in [1.807, 2.05) is 18.8 Å². The molecule has 2 fully saturated rings. The van der Waals surface area contributed by atoms with Gasteiger partial charge in [-0.25, -0.2) is 4.79 Å². The van der Waals surface area contributed by atoms with Crippen LogP contribution in [0.25, 0.3) is 0 Å². The Kier molecular flexibility index (Phi) is 18.0. The summed E-state index contributed by atoms with van der Waals surface area (Å²) in [5, 5.41) is 26.9. The van der Waals surface area contributed by atoms with Crippen LogP contribution in [0.4, 0.5) is 4.79 Å². The van der Waals surface area contributed by atoms with Crippen molar-refractivity contribution < 1.29 is 29.1 Å². The molecule has 4 unspecified atom stereocenters. The van der Waals surface area contributed by atoms with Crippen LogP contribution in [0.1, 0.15) is 96.3 Å². The molecule has 2 rings (SSSR count). The molecule has 2 saturated heterocycles. The van der Waals surface area contributed by atoms with Crippen molar-refractivity contribution in [1.29, 1.82) is 0 Å². The minimum absolute atomic E-state index is 0.0505. The molecule has 0 aliphatic carbocycles. The molecule has 0 aromatic carbocycles. The van der Waals surface area contributed by atoms with Gasteiger partial charge in [0.25, 0.3) is 0 Å². The van der Waals surface area contributed by atoms with E-state index in [9.17, 15) is 24.0 Å². The molecule has 0 aromatic rings. The smallest absolute Gasteiger partial charge is 0.315 e. The molecule has 12 nitrogen and oxygen atoms in total. The Bertz CT molecular complexity index is 862. The maximum absolute atomic E-state index is 12.7. The van der Waals surface area contributed by atoms with E-state index in [-0.39, 0.29) is 42.3 Å². The van der Waals surface area contributed by atoms with Gasteiger partial charge in [0.15, 0.2) is 0 Å². The van der Waals surface area contributed by atoms with Gasteiger partial charge in [0.2, 0.25) is 17.7 Å². The average molecular weight is 613 g/mol. The Morgan fingerprint density at radius 1 is 0.833 bits per heavy atom. The third-order valence-corrected chi connectivity index (χ3v) is 9.18. The first-order valence-corrected chi connectivity index (χ1v) is 16.7. The first-order valence-electron chi connectivity index (χ1n) is 15.7. The number of carboxylic acid groups (broad SMARTS) is 1. The van der Waals surface area contributed by atoms with Gasteiger partial charge in [0, 0.05) is 43.4 Å². The quantitative estimate of drug-likeness (QED) is 0.0639. The van der Waals surface area contributed by atoms with Gasteiger partial charge in [0.05, 0.1) is 12.1 Å². The lowest BCUT2D eigenvalue weighted by Gasteiger charge is -2.18. The van der Waals surface area contributed by atoms with Crippen LogP contribution in [0.5, 0.6) is 0 Å². The molecule has 2 aliphatic heterocycles. The number of aliphatic carboxylic acids is 1. The second-order valence-corrected chi connectivity index (χ2v) is 12.5. The van der Waals surface area contributed by atoms with Crippen LogP contribution < -0.4 is 31.9 Å². The second-order valence-electron chi connectivity index (χ2n) is 11.2. The highest BCUT2D eigenvalue weighted by atomic mass is 32.2. The highest BCUT2D eigenvalue weighted by molar-refractivity contribution is 8.00. The molecule has 0 aromatic heterocycles. The first-order chi connectivity index (χ1) is 20.3. The van der Waals surface area contributed by atoms with Crippen molar-refractivity contribution in [1.82, 2.24) is 31.9 Å². The van der Waals surface area contributed by atoms with Gasteiger partial charge in [-0.2, -0.15) is 11.8 Å². The number of thioether (sulfide) groups is 1. The summed E-state index contributed by atoms with van der Waals surface area (Å²) in [6.45, 7) is 1.90. The minimum atomic E-state index is -0.813. The number of nitrogens with one attached hydrogen (secondary N) is 6. The van der Waals surface area contributed by atoms with Crippen LogP contribution in [0.15, 0.2) is 0 Å². The Balaban J connectivity index is 1.52. The molecule has 4 atom stereocenters. The molecule has 13 heteroatoms. The summed E-state index contributed by atoms with van der Waals surface area (Å²) >= 11 is 1.89. The topological polar surface area (TPSA) is 178 Å². The third kappa shape index (κ3) is 15.1. The summed E-state index contributed by atoms with van der Waals surface area (Å²) in [6, 6.07) is -0.208. The van der Waals surface area contributed by atoms with Crippen molar-refractivity contribution in [3.63, 3.8) is 0 Å². The predicted octanol–water partition coefficient (Wildman–Crippen LogP) is 2.02. The molecule has 2 heterocycles. The summed E-state index contributed by atoms with van der Waals surface area (Å²) in [4.78, 5) is 59.5. The van der Waals surface area contributed by atoms with Gasteiger partial charge < -0.3 is 37.0 Å². The van der Waals surface area contributed by atoms with Crippen molar-refractivity contribution in [2.24, 2.45) is 0 Å². The van der Waals surface area contributed by atoms with Crippen LogP contribution in [0, 0.1) is 0 Å². The lowest BCUT2D eigenvalue weighted by molar-refractivity contribution is -0.137. The lowest BCUT2D eigenvalue weighted by atomic mass is 10.0. The monoisotopic (exact) mass is 612 g/mol. The molecule has 0 saturated carbocycles. The van der Waals surface area contributed by atoms with Crippen molar-refractivity contribution in [3.8, 4) is 0 Å². The highest BCUT2D eigenvalue weighted by Crippen LogP contribution is 2.33. The summed E-state index contributed by atoms with van der Waals surface area (Å²) in [6.07, 6.45) is 10.3. The Hall–Kier alpha value is -2.54. The fourth-order valence-corrected chi connectivity index (χ4v) is 6.82. The highest BCUT2D eigenvalue weighted by Gasteiger charge is 2.42. The fraction of sp³-hybridized carbons (Fsp3) is 0.828. The number of carbonyl (C=O) groups excluding carboxylic acids is 4. The van der Waals surface area contributed by atoms with Gasteiger partial charge in [-0.1, -0.05) is 19.3 Å². The van der Waals surface area contributed by atoms with Crippen LogP contribution in [0.3, 0.4) is 0 Å². The normalized spacial score (nSPS) is 19.8. The van der Waals surface area contributed by atoms with Gasteiger partial charge in [-0.05, 0) is 71.4 Å². The number of fused-ring (bicyclic) bond motifs is 1. The molecule has 42 heavy (non-hydrogen) atoms. The molecule has 0 bridgehead atoms. The molecular formula is C29H52N6O6S. The molecule has 2 aliphatic rings. The summed E-state index contributed by atoms with van der Waals surface area (Å²) in [7, 11) is 1.88. The Morgan fingerprint density at radius 2 is 1.50 bits per heavy atom. The van der Waals surface area contributed by atoms with Crippen molar-refractivity contribution in [2.45, 2.75) is 120 Å². The number of unbranched alkanes of at least 4 members (excludes halogenated alkanes) is 6. The van der Waals surface area contributed by atoms with E-state index in [0.29, 0.717) is 56.9 Å². The number of hydrogen-bond acceptors (Lipinski definition) is 7. The zero-order chi connectivity index (χ0) is 30.6. The summed E-state index contributed by atoms with van der Waals surface area (Å²) in [5.74, 6) is -0.153. The number of urea groups is 1. The molecule has 0 spiro atoms. The number of carboxylic acids is 1. The standard InChI is InChI=1S/C29H52N6O6S/c1-30-17-11-8-12-21(28(40)32-19-10-3-5-16-26(38)39)33-25(37)15-4-2-9-18-31-24(36)14-7-6-13-23-27-22(20-42-23)34-29(41)35-27/h21-23,27,30H,2-20H2,1H3,(H,31,36)(H,32,40)(H,33,37)(H,38,39)(H2,34,35,41). The molecular weight excluding hydrogens is 560 g/mol. The second kappa shape index (κ2) is 21.2. The van der Waals surface area contributed by atoms with E-state index in [0.717, 1.165) is 63.7 Å². The van der Waals surface area contributed by atoms with E-state index >= 15 is 0 Å². The van der Waals surface area contributed by atoms with Gasteiger partial charge in [-0.3, -0.25) is 19.2 Å². The maximum atomic E-state index is 12.7. The largest absolute Gasteiger partial charge is 0.481 e. The third-order valence-electron chi connectivity index (χ3n) is 7.67. The van der Waals surface area contributed by atoms with Crippen molar-refractivity contribution >= 4 is 41.5 Å². The average Bonchev–Trinajstić information content (AvgIpc) is 3.51. The summed E-state index contributed by atoms with van der Waals surface area (Å²) < 4.78 is 0. The van der Waals surface area contributed by atoms with E-state index in [1.165, 1.54) is 0 Å². The van der Waals surface area contributed by atoms with Crippen LogP contribution in [-0.4, -0.2) is 90.6 Å². The molecule has 240 valence electrons. The van der Waals surface area contributed by atoms with Crippen molar-refractivity contribution in [2.75, 3.05) is 32.4 Å². The SMILES string of the molecule is CNCCCCC(NC(=O)CCCCCNC(=O)CCCCC1SCC2NC(=O)NC21)C(=O)NCCCCCC(=O)O. The zero-order valence-electron chi connectivity index (χ0n) is 25.1. The Morgan fingerprint density at radius 3 is 2.24 bits per heavy atom. The predicted molar refractivity (Wildman–Crippen MR) is 164 cm³/mol. The Labute approximate surface area is 254 Å². The molecule has 7 N–H and O–H groups in total. The minimum Gasteiger partial charge on any atom is -0.481 e. The maximum Gasteiger partial charge on any atom is 0.315 e. The fourth-order valence-electron chi connectivity index (χ4n) is 5.28. The van der Waals surface area contributed by atoms with E-state index < -0.39 is 12.0 Å². The van der Waals surface area contributed by atoms with Crippen molar-refractivity contribution in [3.05, 3.63) is 0 Å². The number of amides is 5. The van der Waals surface area contributed by atoms with E-state index in [4.69, 9.17) is 5.11 Å². The molecule has 0 radical (unpaired) electrons. The van der Waals surface area contributed by atoms with E-state index in [2.05, 4.69) is 31.9 Å². The van der Waals surface area contributed by atoms with Crippen LogP contribution >= 0.6 is 11.8 Å². The zero-order valence-corrected chi connectivity index (χ0v) is 26.0. The number of hydrogen-bond donors (Lipinski definition) is 7. The molecule has 5 amide bonds. The van der Waals surface area contributed by atoms with Gasteiger partial charge in [-0.15, -0.1) is 0 Å². The van der Waals surface area contributed by atoms with Gasteiger partial charge in [0.1, 0.15) is 6.04 Å². The van der Waals surface area contributed by atoms with Gasteiger partial charge >= 0.3 is 12.0 Å².